The van der Waals surface area contributed by atoms with Gasteiger partial charge in [-0.15, -0.1) is 0 Å². The van der Waals surface area contributed by atoms with E-state index in [2.05, 4.69) is 10.3 Å². The van der Waals surface area contributed by atoms with Crippen LogP contribution in [0.2, 0.25) is 0 Å². The molecule has 0 saturated carbocycles. The number of aromatic nitrogens is 2. The highest BCUT2D eigenvalue weighted by Crippen LogP contribution is 2.30. The quantitative estimate of drug-likeness (QED) is 0.384. The van der Waals surface area contributed by atoms with E-state index >= 15 is 0 Å². The lowest BCUT2D eigenvalue weighted by Crippen LogP contribution is -2.28. The van der Waals surface area contributed by atoms with E-state index in [1.807, 2.05) is 54.7 Å². The molecule has 0 atom stereocenters. The molecule has 1 aliphatic heterocycles. The van der Waals surface area contributed by atoms with Gasteiger partial charge in [0, 0.05) is 17.3 Å². The Morgan fingerprint density at radius 2 is 1.69 bits per heavy atom. The third-order valence-electron chi connectivity index (χ3n) is 5.94. The molecule has 0 unspecified atom stereocenters. The first-order valence-electron chi connectivity index (χ1n) is 11.0. The van der Waals surface area contributed by atoms with Crippen LogP contribution < -0.4 is 5.32 Å². The van der Waals surface area contributed by atoms with E-state index in [-0.39, 0.29) is 23.2 Å². The Balaban J connectivity index is 1.33. The third-order valence-corrected chi connectivity index (χ3v) is 5.94. The minimum absolute atomic E-state index is 0.0309. The van der Waals surface area contributed by atoms with Crippen LogP contribution >= 0.6 is 0 Å². The van der Waals surface area contributed by atoms with Gasteiger partial charge in [-0.3, -0.25) is 23.7 Å². The predicted molar refractivity (Wildman–Crippen MR) is 128 cm³/mol. The Bertz CT molecular complexity index is 1600. The van der Waals surface area contributed by atoms with Crippen LogP contribution in [0.4, 0.5) is 5.82 Å². The maximum Gasteiger partial charge on any atom is 0.261 e. The highest BCUT2D eigenvalue weighted by molar-refractivity contribution is 6.22. The summed E-state index contributed by atoms with van der Waals surface area (Å²) in [6.07, 6.45) is 3.31. The van der Waals surface area contributed by atoms with Gasteiger partial charge in [-0.05, 0) is 42.5 Å². The Morgan fingerprint density at radius 3 is 2.49 bits per heavy atom. The van der Waals surface area contributed by atoms with E-state index < -0.39 is 17.7 Å². The Kier molecular flexibility index (Phi) is 4.77. The summed E-state index contributed by atoms with van der Waals surface area (Å²) >= 11 is 0. The number of fused-ring (bicyclic) bond motifs is 2. The molecule has 0 bridgehead atoms. The largest absolute Gasteiger partial charge is 0.467 e. The van der Waals surface area contributed by atoms with Crippen molar-refractivity contribution >= 4 is 29.2 Å². The van der Waals surface area contributed by atoms with E-state index in [4.69, 9.17) is 4.42 Å². The minimum Gasteiger partial charge on any atom is -0.467 e. The second-order valence-corrected chi connectivity index (χ2v) is 8.09. The molecule has 0 radical (unpaired) electrons. The summed E-state index contributed by atoms with van der Waals surface area (Å²) < 4.78 is 7.07. The topological polar surface area (TPSA) is 96.9 Å². The van der Waals surface area contributed by atoms with Crippen molar-refractivity contribution in [3.05, 3.63) is 114 Å². The number of imidazole rings is 1. The number of nitrogens with zero attached hydrogens (tertiary/aromatic N) is 3. The molecule has 3 amide bonds. The number of anilines is 1. The van der Waals surface area contributed by atoms with E-state index in [0.717, 1.165) is 10.5 Å². The number of carbonyl (C=O) groups excluding carboxylic acids is 3. The van der Waals surface area contributed by atoms with Gasteiger partial charge in [0.15, 0.2) is 0 Å². The zero-order chi connectivity index (χ0) is 23.9. The van der Waals surface area contributed by atoms with Gasteiger partial charge >= 0.3 is 0 Å². The van der Waals surface area contributed by atoms with Crippen LogP contribution in [0.5, 0.6) is 0 Å². The van der Waals surface area contributed by atoms with Crippen molar-refractivity contribution in [1.29, 1.82) is 0 Å². The van der Waals surface area contributed by atoms with Gasteiger partial charge in [-0.1, -0.05) is 36.4 Å². The van der Waals surface area contributed by atoms with Gasteiger partial charge in [0.1, 0.15) is 22.9 Å². The normalized spacial score (nSPS) is 12.9. The van der Waals surface area contributed by atoms with Crippen LogP contribution in [0.25, 0.3) is 16.9 Å². The molecule has 1 aliphatic rings. The molecule has 1 N–H and O–H groups in total. The molecule has 170 valence electrons. The van der Waals surface area contributed by atoms with Crippen LogP contribution in [-0.2, 0) is 6.54 Å². The van der Waals surface area contributed by atoms with Crippen LogP contribution in [-0.4, -0.2) is 32.0 Å². The smallest absolute Gasteiger partial charge is 0.261 e. The standard InChI is InChI=1S/C27H18N4O4/c32-25(29-24-23(17-7-2-1-3-8-17)28-22-10-4-5-13-30(22)24)18-11-12-20-21(15-18)27(34)31(26(20)33)16-19-9-6-14-35-19/h1-15H,16H2,(H,29,32). The van der Waals surface area contributed by atoms with E-state index in [0.29, 0.717) is 22.9 Å². The first kappa shape index (κ1) is 20.6. The lowest BCUT2D eigenvalue weighted by molar-refractivity contribution is 0.0631. The monoisotopic (exact) mass is 462 g/mol. The van der Waals surface area contributed by atoms with Gasteiger partial charge in [0.2, 0.25) is 0 Å². The second kappa shape index (κ2) is 8.11. The number of hydrogen-bond donors (Lipinski definition) is 1. The molecular formula is C27H18N4O4. The van der Waals surface area contributed by atoms with Gasteiger partial charge < -0.3 is 9.73 Å². The van der Waals surface area contributed by atoms with Gasteiger partial charge in [-0.2, -0.15) is 0 Å². The zero-order valence-electron chi connectivity index (χ0n) is 18.3. The molecular weight excluding hydrogens is 444 g/mol. The van der Waals surface area contributed by atoms with Crippen molar-refractivity contribution < 1.29 is 18.8 Å². The maximum atomic E-state index is 13.3. The molecule has 5 aromatic rings. The van der Waals surface area contributed by atoms with E-state index in [1.165, 1.54) is 18.4 Å². The molecule has 35 heavy (non-hydrogen) atoms. The lowest BCUT2D eigenvalue weighted by atomic mass is 10.1. The third kappa shape index (κ3) is 3.48. The van der Waals surface area contributed by atoms with Gasteiger partial charge in [-0.25, -0.2) is 4.98 Å². The van der Waals surface area contributed by atoms with E-state index in [9.17, 15) is 14.4 Å². The maximum absolute atomic E-state index is 13.3. The highest BCUT2D eigenvalue weighted by atomic mass is 16.3. The molecule has 8 heteroatoms. The van der Waals surface area contributed by atoms with Gasteiger partial charge in [0.25, 0.3) is 17.7 Å². The summed E-state index contributed by atoms with van der Waals surface area (Å²) in [4.78, 5) is 44.8. The number of furan rings is 1. The number of benzene rings is 2. The van der Waals surface area contributed by atoms with Crippen LogP contribution in [0.15, 0.2) is 95.7 Å². The fourth-order valence-corrected chi connectivity index (χ4v) is 4.23. The van der Waals surface area contributed by atoms with Crippen LogP contribution in [0, 0.1) is 0 Å². The molecule has 0 spiro atoms. The van der Waals surface area contributed by atoms with Crippen molar-refractivity contribution in [2.45, 2.75) is 6.54 Å². The summed E-state index contributed by atoms with van der Waals surface area (Å²) in [6, 6.07) is 23.1. The van der Waals surface area contributed by atoms with Crippen molar-refractivity contribution in [3.63, 3.8) is 0 Å². The fraction of sp³-hybridized carbons (Fsp3) is 0.0370. The predicted octanol–water partition coefficient (Wildman–Crippen LogP) is 4.64. The minimum atomic E-state index is -0.462. The van der Waals surface area contributed by atoms with Crippen molar-refractivity contribution in [3.8, 4) is 11.3 Å². The first-order valence-corrected chi connectivity index (χ1v) is 11.0. The van der Waals surface area contributed by atoms with Gasteiger partial charge in [0.05, 0.1) is 23.9 Å². The molecule has 0 fully saturated rings. The van der Waals surface area contributed by atoms with Crippen LogP contribution in [0.3, 0.4) is 0 Å². The first-order chi connectivity index (χ1) is 17.1. The number of rotatable bonds is 5. The second-order valence-electron chi connectivity index (χ2n) is 8.09. The molecule has 8 nitrogen and oxygen atoms in total. The average molecular weight is 462 g/mol. The summed E-state index contributed by atoms with van der Waals surface area (Å²) in [6.45, 7) is 0.0309. The molecule has 0 saturated heterocycles. The number of pyridine rings is 1. The van der Waals surface area contributed by atoms with Crippen LogP contribution in [0.1, 0.15) is 36.8 Å². The zero-order valence-corrected chi connectivity index (χ0v) is 18.3. The average Bonchev–Trinajstić information content (AvgIpc) is 3.59. The summed E-state index contributed by atoms with van der Waals surface area (Å²) in [5.74, 6) is -0.282. The molecule has 4 heterocycles. The molecule has 0 aliphatic carbocycles. The summed E-state index contributed by atoms with van der Waals surface area (Å²) in [7, 11) is 0. The molecule has 3 aromatic heterocycles. The van der Waals surface area contributed by atoms with Crippen molar-refractivity contribution in [2.24, 2.45) is 0 Å². The number of imide groups is 1. The molecule has 6 rings (SSSR count). The highest BCUT2D eigenvalue weighted by Gasteiger charge is 2.36. The number of nitrogens with one attached hydrogen (secondary N) is 1. The van der Waals surface area contributed by atoms with Crippen molar-refractivity contribution in [1.82, 2.24) is 14.3 Å². The lowest BCUT2D eigenvalue weighted by Gasteiger charge is -2.11. The Morgan fingerprint density at radius 1 is 0.886 bits per heavy atom. The van der Waals surface area contributed by atoms with E-state index in [1.54, 1.807) is 22.6 Å². The summed E-state index contributed by atoms with van der Waals surface area (Å²) in [5, 5.41) is 2.95. The van der Waals surface area contributed by atoms with Crippen molar-refractivity contribution in [2.75, 3.05) is 5.32 Å². The number of carbonyl (C=O) groups is 3. The molecule has 2 aromatic carbocycles. The Labute approximate surface area is 199 Å². The fourth-order valence-electron chi connectivity index (χ4n) is 4.23. The summed E-state index contributed by atoms with van der Waals surface area (Å²) in [5.41, 5.74) is 2.88. The number of hydrogen-bond acceptors (Lipinski definition) is 5. The Hall–Kier alpha value is -4.98. The number of amides is 3. The SMILES string of the molecule is O=C(Nc1c(-c2ccccc2)nc2ccccn12)c1ccc2c(c1)C(=O)N(Cc1ccco1)C2=O.